The Morgan fingerprint density at radius 3 is 2.73 bits per heavy atom. The molecule has 0 aliphatic heterocycles. The van der Waals surface area contributed by atoms with Gasteiger partial charge in [0, 0.05) is 17.0 Å². The first kappa shape index (κ1) is 12.8. The summed E-state index contributed by atoms with van der Waals surface area (Å²) in [6.07, 6.45) is 3.69. The quantitative estimate of drug-likeness (QED) is 0.479. The van der Waals surface area contributed by atoms with E-state index in [0.717, 1.165) is 38.8 Å². The minimum atomic E-state index is 0.872. The largest absolute Gasteiger partial charge is 0.455 e. The van der Waals surface area contributed by atoms with Gasteiger partial charge in [-0.3, -0.25) is 4.98 Å². The zero-order valence-electron chi connectivity index (χ0n) is 12.3. The molecule has 2 heteroatoms. The Hall–Kier alpha value is -2.87. The van der Waals surface area contributed by atoms with Gasteiger partial charge in [0.15, 0.2) is 0 Å². The van der Waals surface area contributed by atoms with Gasteiger partial charge in [0.25, 0.3) is 0 Å². The Bertz CT molecular complexity index is 1010. The van der Waals surface area contributed by atoms with E-state index in [-0.39, 0.29) is 0 Å². The molecule has 0 amide bonds. The molecule has 0 spiro atoms. The van der Waals surface area contributed by atoms with Crippen molar-refractivity contribution < 1.29 is 4.42 Å². The van der Waals surface area contributed by atoms with Gasteiger partial charge in [0.05, 0.1) is 11.3 Å². The Balaban J connectivity index is 2.16. The topological polar surface area (TPSA) is 26.0 Å². The maximum Gasteiger partial charge on any atom is 0.145 e. The highest BCUT2D eigenvalue weighted by molar-refractivity contribution is 6.10. The number of para-hydroxylation sites is 1. The molecule has 4 rings (SSSR count). The molecule has 2 heterocycles. The fourth-order valence-electron chi connectivity index (χ4n) is 2.91. The molecule has 0 saturated heterocycles. The van der Waals surface area contributed by atoms with E-state index in [1.165, 1.54) is 5.56 Å². The average molecular weight is 285 g/mol. The minimum Gasteiger partial charge on any atom is -0.455 e. The second-order valence-corrected chi connectivity index (χ2v) is 5.43. The second-order valence-electron chi connectivity index (χ2n) is 5.43. The molecule has 0 N–H and O–H groups in total. The van der Waals surface area contributed by atoms with Crippen LogP contribution in [0, 0.1) is 6.92 Å². The molecule has 0 unspecified atom stereocenters. The van der Waals surface area contributed by atoms with Gasteiger partial charge in [-0.25, -0.2) is 0 Å². The van der Waals surface area contributed by atoms with Crippen LogP contribution in [-0.4, -0.2) is 4.98 Å². The van der Waals surface area contributed by atoms with Crippen LogP contribution < -0.4 is 0 Å². The van der Waals surface area contributed by atoms with E-state index >= 15 is 0 Å². The Morgan fingerprint density at radius 2 is 1.91 bits per heavy atom. The van der Waals surface area contributed by atoms with E-state index in [1.807, 2.05) is 36.5 Å². The third-order valence-corrected chi connectivity index (χ3v) is 3.97. The van der Waals surface area contributed by atoms with E-state index in [0.29, 0.717) is 0 Å². The van der Waals surface area contributed by atoms with Gasteiger partial charge in [-0.2, -0.15) is 0 Å². The van der Waals surface area contributed by atoms with Gasteiger partial charge >= 0.3 is 0 Å². The van der Waals surface area contributed by atoms with Crippen LogP contribution in [0.2, 0.25) is 0 Å². The normalized spacial score (nSPS) is 11.1. The van der Waals surface area contributed by atoms with Crippen molar-refractivity contribution in [1.82, 2.24) is 4.98 Å². The molecule has 4 aromatic rings. The first-order chi connectivity index (χ1) is 10.8. The SMILES string of the molecule is C=Cc1ccc2c(oc3ccccc32)c1-c1cc(C)ccn1. The number of benzene rings is 2. The summed E-state index contributed by atoms with van der Waals surface area (Å²) in [6.45, 7) is 6.00. The number of hydrogen-bond donors (Lipinski definition) is 0. The summed E-state index contributed by atoms with van der Waals surface area (Å²) in [7, 11) is 0. The highest BCUT2D eigenvalue weighted by Gasteiger charge is 2.15. The van der Waals surface area contributed by atoms with Crippen LogP contribution in [0.15, 0.2) is 65.7 Å². The molecule has 0 atom stereocenters. The zero-order valence-corrected chi connectivity index (χ0v) is 12.3. The van der Waals surface area contributed by atoms with Crippen LogP contribution in [0.3, 0.4) is 0 Å². The van der Waals surface area contributed by atoms with Crippen LogP contribution in [-0.2, 0) is 0 Å². The molecule has 0 aliphatic rings. The summed E-state index contributed by atoms with van der Waals surface area (Å²) in [5.74, 6) is 0. The van der Waals surface area contributed by atoms with Crippen LogP contribution in [0.1, 0.15) is 11.1 Å². The van der Waals surface area contributed by atoms with Gasteiger partial charge < -0.3 is 4.42 Å². The maximum absolute atomic E-state index is 6.13. The highest BCUT2D eigenvalue weighted by Crippen LogP contribution is 2.37. The number of aryl methyl sites for hydroxylation is 1. The lowest BCUT2D eigenvalue weighted by Crippen LogP contribution is -1.88. The fourth-order valence-corrected chi connectivity index (χ4v) is 2.91. The molecular weight excluding hydrogens is 270 g/mol. The van der Waals surface area contributed by atoms with Crippen LogP contribution in [0.25, 0.3) is 39.3 Å². The molecule has 2 aromatic heterocycles. The van der Waals surface area contributed by atoms with Crippen molar-refractivity contribution in [3.05, 3.63) is 72.4 Å². The number of nitrogens with zero attached hydrogens (tertiary/aromatic N) is 1. The molecule has 106 valence electrons. The van der Waals surface area contributed by atoms with E-state index in [1.54, 1.807) is 0 Å². The lowest BCUT2D eigenvalue weighted by atomic mass is 9.99. The average Bonchev–Trinajstić information content (AvgIpc) is 2.92. The van der Waals surface area contributed by atoms with Crippen LogP contribution in [0.4, 0.5) is 0 Å². The number of hydrogen-bond acceptors (Lipinski definition) is 2. The predicted molar refractivity (Wildman–Crippen MR) is 91.8 cm³/mol. The van der Waals surface area contributed by atoms with E-state index in [2.05, 4.69) is 42.8 Å². The molecule has 0 bridgehead atoms. The van der Waals surface area contributed by atoms with Gasteiger partial charge in [-0.05, 0) is 42.3 Å². The summed E-state index contributed by atoms with van der Waals surface area (Å²) in [6, 6.07) is 16.4. The van der Waals surface area contributed by atoms with Gasteiger partial charge in [-0.15, -0.1) is 0 Å². The van der Waals surface area contributed by atoms with E-state index in [9.17, 15) is 0 Å². The minimum absolute atomic E-state index is 0.872. The van der Waals surface area contributed by atoms with E-state index < -0.39 is 0 Å². The van der Waals surface area contributed by atoms with Crippen molar-refractivity contribution in [2.75, 3.05) is 0 Å². The Morgan fingerprint density at radius 1 is 1.05 bits per heavy atom. The van der Waals surface area contributed by atoms with Gasteiger partial charge in [0.2, 0.25) is 0 Å². The summed E-state index contributed by atoms with van der Waals surface area (Å²) in [5, 5.41) is 2.24. The number of furan rings is 1. The maximum atomic E-state index is 6.13. The number of fused-ring (bicyclic) bond motifs is 3. The summed E-state index contributed by atoms with van der Waals surface area (Å²) < 4.78 is 6.13. The first-order valence-corrected chi connectivity index (χ1v) is 7.27. The summed E-state index contributed by atoms with van der Waals surface area (Å²) >= 11 is 0. The van der Waals surface area contributed by atoms with Crippen molar-refractivity contribution in [3.63, 3.8) is 0 Å². The van der Waals surface area contributed by atoms with Gasteiger partial charge in [-0.1, -0.05) is 36.9 Å². The molecule has 0 aliphatic carbocycles. The molecule has 0 saturated carbocycles. The highest BCUT2D eigenvalue weighted by atomic mass is 16.3. The van der Waals surface area contributed by atoms with Crippen molar-refractivity contribution in [1.29, 1.82) is 0 Å². The van der Waals surface area contributed by atoms with Crippen molar-refractivity contribution in [2.24, 2.45) is 0 Å². The number of aromatic nitrogens is 1. The standard InChI is InChI=1S/C20H15NO/c1-3-14-8-9-16-15-6-4-5-7-18(15)22-20(16)19(14)17-12-13(2)10-11-21-17/h3-12H,1H2,2H3. The third-order valence-electron chi connectivity index (χ3n) is 3.97. The number of rotatable bonds is 2. The summed E-state index contributed by atoms with van der Waals surface area (Å²) in [4.78, 5) is 4.53. The molecule has 2 aromatic carbocycles. The molecule has 22 heavy (non-hydrogen) atoms. The predicted octanol–water partition coefficient (Wildman–Crippen LogP) is 5.60. The molecule has 0 fully saturated rings. The third kappa shape index (κ3) is 1.85. The van der Waals surface area contributed by atoms with Crippen molar-refractivity contribution in [2.45, 2.75) is 6.92 Å². The first-order valence-electron chi connectivity index (χ1n) is 7.27. The van der Waals surface area contributed by atoms with Crippen LogP contribution >= 0.6 is 0 Å². The van der Waals surface area contributed by atoms with Crippen LogP contribution in [0.5, 0.6) is 0 Å². The van der Waals surface area contributed by atoms with Gasteiger partial charge in [0.1, 0.15) is 11.2 Å². The van der Waals surface area contributed by atoms with E-state index in [4.69, 9.17) is 4.42 Å². The smallest absolute Gasteiger partial charge is 0.145 e. The summed E-state index contributed by atoms with van der Waals surface area (Å²) in [5.41, 5.74) is 5.90. The van der Waals surface area contributed by atoms with Crippen molar-refractivity contribution in [3.8, 4) is 11.3 Å². The Labute approximate surface area is 128 Å². The zero-order chi connectivity index (χ0) is 15.1. The molecule has 2 nitrogen and oxygen atoms in total. The lowest BCUT2D eigenvalue weighted by molar-refractivity contribution is 0.669. The monoisotopic (exact) mass is 285 g/mol. The Kier molecular flexibility index (Phi) is 2.83. The lowest BCUT2D eigenvalue weighted by Gasteiger charge is -2.07. The molecule has 0 radical (unpaired) electrons. The van der Waals surface area contributed by atoms with Crippen molar-refractivity contribution >= 4 is 28.0 Å². The number of pyridine rings is 1. The molecular formula is C20H15NO. The fraction of sp³-hybridized carbons (Fsp3) is 0.0500. The second kappa shape index (κ2) is 4.85.